The summed E-state index contributed by atoms with van der Waals surface area (Å²) in [7, 11) is -1.51. The van der Waals surface area contributed by atoms with Crippen LogP contribution in [0.5, 0.6) is 0 Å². The molecule has 0 saturated heterocycles. The second-order valence-corrected chi connectivity index (χ2v) is 7.88. The van der Waals surface area contributed by atoms with Gasteiger partial charge in [-0.25, -0.2) is 9.19 Å². The average Bonchev–Trinajstić information content (AvgIpc) is 2.82. The minimum atomic E-state index is -4.38. The maximum Gasteiger partial charge on any atom is 0.416 e. The number of rotatable bonds is 3. The highest BCUT2D eigenvalue weighted by Gasteiger charge is 2.30. The third-order valence-electron chi connectivity index (χ3n) is 3.87. The minimum absolute atomic E-state index is 0.524. The molecule has 32 heavy (non-hydrogen) atoms. The zero-order chi connectivity index (χ0) is 23.7. The Morgan fingerprint density at radius 3 is 2.25 bits per heavy atom. The van der Waals surface area contributed by atoms with E-state index in [1.54, 1.807) is 12.1 Å². The molecule has 0 amide bonds. The van der Waals surface area contributed by atoms with Crippen molar-refractivity contribution in [3.63, 3.8) is 0 Å². The second-order valence-electron chi connectivity index (χ2n) is 5.67. The number of nitrogens with one attached hydrogen (secondary N) is 1. The maximum absolute atomic E-state index is 12.7. The molecule has 1 aromatic heterocycles. The third-order valence-corrected chi connectivity index (χ3v) is 5.88. The molecule has 0 spiro atoms. The number of nitrogens with zero attached hydrogens (tertiary/aromatic N) is 3. The molecule has 0 radical (unpaired) electrons. The largest absolute Gasteiger partial charge is 0.416 e. The van der Waals surface area contributed by atoms with E-state index in [0.717, 1.165) is 12.1 Å². The van der Waals surface area contributed by atoms with Crippen molar-refractivity contribution in [3.8, 4) is 11.3 Å². The number of hydrogen-bond acceptors (Lipinski definition) is 5. The van der Waals surface area contributed by atoms with Crippen LogP contribution in [0.25, 0.3) is 11.3 Å². The molecular weight excluding hydrogens is 457 g/mol. The molecule has 1 N–H and O–H groups in total. The van der Waals surface area contributed by atoms with Gasteiger partial charge in [0.2, 0.25) is 0 Å². The number of benzene rings is 2. The summed E-state index contributed by atoms with van der Waals surface area (Å²) in [5.41, 5.74) is 1.22. The zero-order valence-corrected chi connectivity index (χ0v) is 19.6. The Labute approximate surface area is 192 Å². The molecule has 5 nitrogen and oxygen atoms in total. The third kappa shape index (κ3) is 6.17. The van der Waals surface area contributed by atoms with Crippen molar-refractivity contribution in [2.75, 3.05) is 5.32 Å². The summed E-state index contributed by atoms with van der Waals surface area (Å²) in [6.07, 6.45) is 0.0415. The summed E-state index contributed by atoms with van der Waals surface area (Å²) in [6.45, 7) is 8.00. The molecule has 4 rings (SSSR count). The molecule has 2 heterocycles. The molecule has 1 unspecified atom stereocenters. The Bertz CT molecular complexity index is 1090. The van der Waals surface area contributed by atoms with Crippen LogP contribution in [-0.2, 0) is 17.2 Å². The monoisotopic (exact) mass is 480 g/mol. The van der Waals surface area contributed by atoms with E-state index in [9.17, 15) is 17.4 Å². The summed E-state index contributed by atoms with van der Waals surface area (Å²) >= 11 is 1.20. The topological polar surface area (TPSA) is 67.2 Å². The first-order chi connectivity index (χ1) is 15.4. The van der Waals surface area contributed by atoms with Gasteiger partial charge in [0.25, 0.3) is 0 Å². The van der Waals surface area contributed by atoms with Crippen molar-refractivity contribution in [2.24, 2.45) is 4.40 Å². The molecule has 0 fully saturated rings. The molecule has 1 aliphatic heterocycles. The molecule has 0 aliphatic carbocycles. The van der Waals surface area contributed by atoms with Gasteiger partial charge in [-0.1, -0.05) is 45.5 Å². The van der Waals surface area contributed by atoms with Crippen molar-refractivity contribution >= 4 is 34.8 Å². The predicted octanol–water partition coefficient (Wildman–Crippen LogP) is 6.84. The Kier molecular flexibility index (Phi) is 9.40. The number of halogens is 3. The van der Waals surface area contributed by atoms with E-state index < -0.39 is 22.7 Å². The van der Waals surface area contributed by atoms with Gasteiger partial charge in [0.05, 0.1) is 16.1 Å². The van der Waals surface area contributed by atoms with Crippen LogP contribution >= 0.6 is 11.8 Å². The number of hydrogen-bond donors (Lipinski definition) is 1. The zero-order valence-electron chi connectivity index (χ0n) is 18.0. The first-order valence-corrected chi connectivity index (χ1v) is 11.9. The predicted molar refractivity (Wildman–Crippen MR) is 124 cm³/mol. The Hall–Kier alpha value is -2.72. The van der Waals surface area contributed by atoms with E-state index in [1.807, 2.05) is 33.8 Å². The summed E-state index contributed by atoms with van der Waals surface area (Å²) in [6, 6.07) is 10.2. The molecular formula is C22H23F3N4OS2. The van der Waals surface area contributed by atoms with E-state index in [2.05, 4.69) is 19.7 Å². The maximum atomic E-state index is 12.7. The van der Waals surface area contributed by atoms with Gasteiger partial charge in [-0.05, 0) is 36.4 Å². The van der Waals surface area contributed by atoms with E-state index in [4.69, 9.17) is 0 Å². The van der Waals surface area contributed by atoms with Crippen molar-refractivity contribution < 1.29 is 17.4 Å². The number of fused-ring (bicyclic) bond motifs is 1. The van der Waals surface area contributed by atoms with E-state index >= 15 is 0 Å². The first kappa shape index (κ1) is 25.5. The fourth-order valence-corrected chi connectivity index (χ4v) is 4.24. The summed E-state index contributed by atoms with van der Waals surface area (Å²) in [5, 5.41) is 3.45. The van der Waals surface area contributed by atoms with Crippen LogP contribution in [0.2, 0.25) is 0 Å². The fraction of sp³-hybridized carbons (Fsp3) is 0.227. The number of aromatic nitrogens is 2. The lowest BCUT2D eigenvalue weighted by Gasteiger charge is -2.13. The van der Waals surface area contributed by atoms with Gasteiger partial charge in [-0.3, -0.25) is 4.98 Å². The molecule has 10 heteroatoms. The average molecular weight is 481 g/mol. The first-order valence-electron chi connectivity index (χ1n) is 9.93. The Morgan fingerprint density at radius 2 is 1.59 bits per heavy atom. The minimum Gasteiger partial charge on any atom is -0.345 e. The quantitative estimate of drug-likeness (QED) is 0.444. The fourth-order valence-electron chi connectivity index (χ4n) is 2.56. The van der Waals surface area contributed by atoms with Gasteiger partial charge >= 0.3 is 6.18 Å². The van der Waals surface area contributed by atoms with Crippen molar-refractivity contribution in [1.82, 2.24) is 9.97 Å². The smallest absolute Gasteiger partial charge is 0.345 e. The number of alkyl halides is 3. The standard InChI is InChI=1S/C18H11F3N4OS2.2C2H6/c19-18(20,21)12-2-4-13(5-3-12)27-17-16(22-7-8-23-17)11-1-6-14-15(9-11)28(26)25-10-24-14;2*1-2/h1-10H,(H,24,25);2*1-2H3. The van der Waals surface area contributed by atoms with Crippen LogP contribution in [0.3, 0.4) is 0 Å². The lowest BCUT2D eigenvalue weighted by atomic mass is 10.1. The van der Waals surface area contributed by atoms with Crippen molar-refractivity contribution in [1.29, 1.82) is 0 Å². The highest BCUT2D eigenvalue weighted by molar-refractivity contribution is 7.99. The Morgan fingerprint density at radius 1 is 0.938 bits per heavy atom. The Balaban J connectivity index is 0.000000860. The lowest BCUT2D eigenvalue weighted by molar-refractivity contribution is -0.137. The van der Waals surface area contributed by atoms with E-state index in [-0.39, 0.29) is 0 Å². The lowest BCUT2D eigenvalue weighted by Crippen LogP contribution is -2.07. The summed E-state index contributed by atoms with van der Waals surface area (Å²) < 4.78 is 54.1. The highest BCUT2D eigenvalue weighted by Crippen LogP contribution is 2.37. The number of anilines is 1. The summed E-state index contributed by atoms with van der Waals surface area (Å²) in [5.74, 6) is 0. The molecule has 1 aliphatic rings. The molecule has 2 aromatic carbocycles. The molecule has 3 aromatic rings. The molecule has 0 bridgehead atoms. The van der Waals surface area contributed by atoms with Gasteiger partial charge in [-0.2, -0.15) is 17.6 Å². The summed E-state index contributed by atoms with van der Waals surface area (Å²) in [4.78, 5) is 9.79. The van der Waals surface area contributed by atoms with Gasteiger partial charge in [-0.15, -0.1) is 0 Å². The normalized spacial score (nSPS) is 14.2. The van der Waals surface area contributed by atoms with Gasteiger partial charge in [0, 0.05) is 22.9 Å². The van der Waals surface area contributed by atoms with Crippen molar-refractivity contribution in [2.45, 2.75) is 48.7 Å². The van der Waals surface area contributed by atoms with Crippen LogP contribution < -0.4 is 5.32 Å². The highest BCUT2D eigenvalue weighted by atomic mass is 32.2. The van der Waals surface area contributed by atoms with Crippen LogP contribution in [0.4, 0.5) is 18.9 Å². The van der Waals surface area contributed by atoms with Crippen LogP contribution in [0, 0.1) is 0 Å². The molecule has 170 valence electrons. The SMILES string of the molecule is CC.CC.O=S1N=CNc2ccc(-c3nccnc3Sc3ccc(C(F)(F)F)cc3)cc21. The molecule has 0 saturated carbocycles. The van der Waals surface area contributed by atoms with E-state index in [1.165, 1.54) is 42.6 Å². The van der Waals surface area contributed by atoms with Crippen molar-refractivity contribution in [3.05, 3.63) is 60.4 Å². The van der Waals surface area contributed by atoms with Crippen LogP contribution in [0.1, 0.15) is 33.3 Å². The van der Waals surface area contributed by atoms with Crippen LogP contribution in [-0.4, -0.2) is 20.5 Å². The molecule has 1 atom stereocenters. The van der Waals surface area contributed by atoms with Crippen LogP contribution in [0.15, 0.2) is 74.1 Å². The van der Waals surface area contributed by atoms with Gasteiger partial charge in [0.1, 0.15) is 17.1 Å². The van der Waals surface area contributed by atoms with E-state index in [0.29, 0.717) is 31.8 Å². The second kappa shape index (κ2) is 11.8. The van der Waals surface area contributed by atoms with Gasteiger partial charge in [0.15, 0.2) is 11.0 Å². The van der Waals surface area contributed by atoms with Gasteiger partial charge < -0.3 is 5.32 Å².